The van der Waals surface area contributed by atoms with Gasteiger partial charge in [0.1, 0.15) is 17.3 Å². The molecular weight excluding hydrogens is 412 g/mol. The van der Waals surface area contributed by atoms with E-state index in [0.29, 0.717) is 47.7 Å². The number of rotatable bonds is 6. The van der Waals surface area contributed by atoms with E-state index in [1.807, 2.05) is 6.07 Å². The molecule has 4 rings (SSSR count). The summed E-state index contributed by atoms with van der Waals surface area (Å²) in [4.78, 5) is 23.2. The fraction of sp³-hybridized carbons (Fsp3) is 0.318. The number of amides is 1. The van der Waals surface area contributed by atoms with Crippen LogP contribution in [0.25, 0.3) is 0 Å². The first-order chi connectivity index (χ1) is 15.6. The van der Waals surface area contributed by atoms with E-state index in [4.69, 9.17) is 19.9 Å². The summed E-state index contributed by atoms with van der Waals surface area (Å²) in [6.45, 7) is 1.21. The van der Waals surface area contributed by atoms with Crippen LogP contribution in [0.2, 0.25) is 0 Å². The zero-order valence-electron chi connectivity index (χ0n) is 17.9. The molecule has 10 nitrogen and oxygen atoms in total. The van der Waals surface area contributed by atoms with Crippen molar-refractivity contribution in [2.75, 3.05) is 33.0 Å². The van der Waals surface area contributed by atoms with Gasteiger partial charge in [-0.15, -0.1) is 5.10 Å². The lowest BCUT2D eigenvalue weighted by molar-refractivity contribution is 0.0705. The molecule has 2 N–H and O–H groups in total. The minimum absolute atomic E-state index is 0.150. The Labute approximate surface area is 185 Å². The predicted octanol–water partition coefficient (Wildman–Crippen LogP) is 2.68. The van der Waals surface area contributed by atoms with Crippen LogP contribution >= 0.6 is 0 Å². The molecule has 1 fully saturated rings. The normalized spacial score (nSPS) is 14.1. The standard InChI is InChI=1S/C22H24N6O4/c1-30-18-11-17(24-13-19(18)32-15-3-6-21(31-2)25-12-15)22(29)28-9-7-14(8-10-28)16-4-5-20(23)27-26-16/h3-6,11-14H,7-10H2,1-2H3,(H2,23,27). The smallest absolute Gasteiger partial charge is 0.272 e. The summed E-state index contributed by atoms with van der Waals surface area (Å²) in [5, 5.41) is 8.10. The maximum absolute atomic E-state index is 13.0. The van der Waals surface area contributed by atoms with Gasteiger partial charge in [0.2, 0.25) is 5.88 Å². The number of carbonyl (C=O) groups excluding carboxylic acids is 1. The molecule has 1 aliphatic heterocycles. The Bertz CT molecular complexity index is 1070. The highest BCUT2D eigenvalue weighted by atomic mass is 16.5. The van der Waals surface area contributed by atoms with Crippen LogP contribution in [0.4, 0.5) is 5.82 Å². The Kier molecular flexibility index (Phi) is 6.29. The van der Waals surface area contributed by atoms with Crippen LogP contribution in [0.3, 0.4) is 0 Å². The largest absolute Gasteiger partial charge is 0.493 e. The van der Waals surface area contributed by atoms with E-state index < -0.39 is 0 Å². The second-order valence-electron chi connectivity index (χ2n) is 7.31. The van der Waals surface area contributed by atoms with Gasteiger partial charge in [0, 0.05) is 31.1 Å². The van der Waals surface area contributed by atoms with E-state index in [-0.39, 0.29) is 11.8 Å². The highest BCUT2D eigenvalue weighted by Crippen LogP contribution is 2.32. The number of carbonyl (C=O) groups is 1. The first-order valence-electron chi connectivity index (χ1n) is 10.2. The van der Waals surface area contributed by atoms with Gasteiger partial charge in [-0.3, -0.25) is 4.79 Å². The molecule has 0 bridgehead atoms. The second-order valence-corrected chi connectivity index (χ2v) is 7.31. The van der Waals surface area contributed by atoms with E-state index in [1.165, 1.54) is 19.5 Å². The van der Waals surface area contributed by atoms with E-state index in [0.717, 1.165) is 18.5 Å². The van der Waals surface area contributed by atoms with E-state index in [1.54, 1.807) is 36.3 Å². The lowest BCUT2D eigenvalue weighted by Crippen LogP contribution is -2.38. The Morgan fingerprint density at radius 2 is 1.81 bits per heavy atom. The van der Waals surface area contributed by atoms with Crippen molar-refractivity contribution in [2.45, 2.75) is 18.8 Å². The average Bonchev–Trinajstić information content (AvgIpc) is 2.85. The number of nitrogen functional groups attached to an aromatic ring is 1. The minimum atomic E-state index is -0.150. The number of anilines is 1. The van der Waals surface area contributed by atoms with Crippen LogP contribution in [0.5, 0.6) is 23.1 Å². The van der Waals surface area contributed by atoms with Crippen LogP contribution in [0.1, 0.15) is 34.9 Å². The Morgan fingerprint density at radius 1 is 1.00 bits per heavy atom. The molecule has 0 saturated carbocycles. The number of nitrogens with zero attached hydrogens (tertiary/aromatic N) is 5. The molecule has 1 aliphatic rings. The summed E-state index contributed by atoms with van der Waals surface area (Å²) in [5.74, 6) is 2.28. The summed E-state index contributed by atoms with van der Waals surface area (Å²) in [5.41, 5.74) is 6.81. The van der Waals surface area contributed by atoms with Gasteiger partial charge in [-0.1, -0.05) is 0 Å². The summed E-state index contributed by atoms with van der Waals surface area (Å²) in [6.07, 6.45) is 4.61. The topological polar surface area (TPSA) is 126 Å². The molecule has 0 radical (unpaired) electrons. The number of methoxy groups -OCH3 is 2. The number of ether oxygens (including phenoxy) is 3. The number of nitrogens with two attached hydrogens (primary N) is 1. The van der Waals surface area contributed by atoms with Crippen LogP contribution in [0, 0.1) is 0 Å². The fourth-order valence-electron chi connectivity index (χ4n) is 3.56. The number of likely N-dealkylation sites (tertiary alicyclic amines) is 1. The summed E-state index contributed by atoms with van der Waals surface area (Å²) in [6, 6.07) is 8.65. The van der Waals surface area contributed by atoms with Crippen molar-refractivity contribution >= 4 is 11.7 Å². The van der Waals surface area contributed by atoms with Gasteiger partial charge in [0.15, 0.2) is 11.5 Å². The van der Waals surface area contributed by atoms with Gasteiger partial charge >= 0.3 is 0 Å². The Balaban J connectivity index is 1.42. The molecule has 10 heteroatoms. The maximum Gasteiger partial charge on any atom is 0.272 e. The molecular formula is C22H24N6O4. The lowest BCUT2D eigenvalue weighted by atomic mass is 9.93. The lowest BCUT2D eigenvalue weighted by Gasteiger charge is -2.31. The van der Waals surface area contributed by atoms with Gasteiger partial charge in [-0.05, 0) is 31.0 Å². The van der Waals surface area contributed by atoms with Crippen molar-refractivity contribution in [3.05, 3.63) is 54.1 Å². The zero-order chi connectivity index (χ0) is 22.5. The number of hydrogen-bond acceptors (Lipinski definition) is 9. The van der Waals surface area contributed by atoms with Crippen molar-refractivity contribution in [2.24, 2.45) is 0 Å². The van der Waals surface area contributed by atoms with Gasteiger partial charge in [-0.25, -0.2) is 9.97 Å². The number of pyridine rings is 2. The van der Waals surface area contributed by atoms with Gasteiger partial charge in [0.25, 0.3) is 5.91 Å². The molecule has 0 spiro atoms. The predicted molar refractivity (Wildman–Crippen MR) is 116 cm³/mol. The van der Waals surface area contributed by atoms with Crippen molar-refractivity contribution in [1.82, 2.24) is 25.1 Å². The van der Waals surface area contributed by atoms with Crippen molar-refractivity contribution < 1.29 is 19.0 Å². The molecule has 4 heterocycles. The zero-order valence-corrected chi connectivity index (χ0v) is 17.9. The molecule has 3 aromatic heterocycles. The Hall–Kier alpha value is -3.95. The first kappa shape index (κ1) is 21.3. The van der Waals surface area contributed by atoms with Crippen LogP contribution in [0.15, 0.2) is 42.7 Å². The number of hydrogen-bond donors (Lipinski definition) is 1. The van der Waals surface area contributed by atoms with E-state index >= 15 is 0 Å². The van der Waals surface area contributed by atoms with Crippen LogP contribution in [-0.2, 0) is 0 Å². The average molecular weight is 436 g/mol. The monoisotopic (exact) mass is 436 g/mol. The Morgan fingerprint density at radius 3 is 2.44 bits per heavy atom. The molecule has 3 aromatic rings. The summed E-state index contributed by atoms with van der Waals surface area (Å²) >= 11 is 0. The molecule has 1 amide bonds. The third-order valence-electron chi connectivity index (χ3n) is 5.32. The molecule has 0 unspecified atom stereocenters. The fourth-order valence-corrected chi connectivity index (χ4v) is 3.56. The molecule has 0 atom stereocenters. The number of piperidine rings is 1. The third-order valence-corrected chi connectivity index (χ3v) is 5.32. The molecule has 0 aliphatic carbocycles. The van der Waals surface area contributed by atoms with E-state index in [2.05, 4.69) is 20.2 Å². The van der Waals surface area contributed by atoms with Gasteiger partial charge in [-0.2, -0.15) is 5.10 Å². The van der Waals surface area contributed by atoms with Crippen LogP contribution < -0.4 is 19.9 Å². The highest BCUT2D eigenvalue weighted by molar-refractivity contribution is 5.93. The SMILES string of the molecule is COc1ccc(Oc2cnc(C(=O)N3CCC(c4ccc(N)nn4)CC3)cc2OC)cn1. The van der Waals surface area contributed by atoms with Gasteiger partial charge in [0.05, 0.1) is 32.3 Å². The maximum atomic E-state index is 13.0. The molecule has 166 valence electrons. The van der Waals surface area contributed by atoms with Crippen molar-refractivity contribution in [3.63, 3.8) is 0 Å². The molecule has 1 saturated heterocycles. The highest BCUT2D eigenvalue weighted by Gasteiger charge is 2.27. The van der Waals surface area contributed by atoms with Crippen molar-refractivity contribution in [3.8, 4) is 23.1 Å². The molecule has 0 aromatic carbocycles. The number of aromatic nitrogens is 4. The van der Waals surface area contributed by atoms with Gasteiger partial charge < -0.3 is 24.8 Å². The summed E-state index contributed by atoms with van der Waals surface area (Å²) < 4.78 is 16.3. The summed E-state index contributed by atoms with van der Waals surface area (Å²) in [7, 11) is 3.06. The third kappa shape index (κ3) is 4.69. The quantitative estimate of drug-likeness (QED) is 0.620. The minimum Gasteiger partial charge on any atom is -0.493 e. The molecule has 32 heavy (non-hydrogen) atoms. The van der Waals surface area contributed by atoms with E-state index in [9.17, 15) is 4.79 Å². The van der Waals surface area contributed by atoms with Crippen LogP contribution in [-0.4, -0.2) is 58.3 Å². The first-order valence-corrected chi connectivity index (χ1v) is 10.2. The second kappa shape index (κ2) is 9.46. The van der Waals surface area contributed by atoms with Crippen molar-refractivity contribution in [1.29, 1.82) is 0 Å².